The number of halogens is 3. The Morgan fingerprint density at radius 3 is 2.37 bits per heavy atom. The maximum atomic E-state index is 13.1. The normalized spacial score (nSPS) is 11.4. The summed E-state index contributed by atoms with van der Waals surface area (Å²) in [6, 6.07) is 19.3. The molecule has 0 aliphatic carbocycles. The van der Waals surface area contributed by atoms with E-state index in [9.17, 15) is 18.0 Å². The van der Waals surface area contributed by atoms with E-state index < -0.39 is 11.7 Å². The van der Waals surface area contributed by atoms with E-state index in [0.717, 1.165) is 23.4 Å². The molecule has 0 atom stereocenters. The molecule has 0 spiro atoms. The molecule has 1 amide bonds. The summed E-state index contributed by atoms with van der Waals surface area (Å²) in [4.78, 5) is 16.6. The summed E-state index contributed by atoms with van der Waals surface area (Å²) in [6.07, 6.45) is -3.87. The number of alkyl halides is 3. The second kappa shape index (κ2) is 11.4. The average molecular weight is 525 g/mol. The third-order valence-electron chi connectivity index (χ3n) is 5.72. The van der Waals surface area contributed by atoms with Gasteiger partial charge in [0.25, 0.3) is 0 Å². The van der Waals surface area contributed by atoms with Gasteiger partial charge in [0.15, 0.2) is 5.82 Å². The highest BCUT2D eigenvalue weighted by atomic mass is 19.4. The Bertz CT molecular complexity index is 1380. The highest BCUT2D eigenvalue weighted by Gasteiger charge is 2.30. The Morgan fingerprint density at radius 2 is 1.74 bits per heavy atom. The minimum absolute atomic E-state index is 0.0741. The van der Waals surface area contributed by atoms with Crippen LogP contribution in [0.4, 0.5) is 18.9 Å². The smallest absolute Gasteiger partial charge is 0.416 e. The van der Waals surface area contributed by atoms with Crippen LogP contribution in [-0.4, -0.2) is 34.4 Å². The van der Waals surface area contributed by atoms with Gasteiger partial charge in [0, 0.05) is 23.6 Å². The first-order chi connectivity index (χ1) is 18.1. The van der Waals surface area contributed by atoms with Crippen molar-refractivity contribution in [2.75, 3.05) is 19.0 Å². The molecule has 4 rings (SSSR count). The van der Waals surface area contributed by atoms with Crippen molar-refractivity contribution < 1.29 is 27.4 Å². The van der Waals surface area contributed by atoms with Crippen LogP contribution in [0.1, 0.15) is 25.0 Å². The topological polar surface area (TPSA) is 78.3 Å². The molecule has 1 aromatic heterocycles. The minimum atomic E-state index is -4.45. The Hall–Kier alpha value is -4.34. The predicted octanol–water partition coefficient (Wildman–Crippen LogP) is 6.18. The molecular weight excluding hydrogens is 497 g/mol. The van der Waals surface area contributed by atoms with Gasteiger partial charge in [-0.3, -0.25) is 4.79 Å². The second-order valence-corrected chi connectivity index (χ2v) is 8.85. The van der Waals surface area contributed by atoms with Crippen LogP contribution in [0.5, 0.6) is 11.8 Å². The van der Waals surface area contributed by atoms with E-state index in [1.165, 1.54) is 16.8 Å². The molecule has 198 valence electrons. The highest BCUT2D eigenvalue weighted by molar-refractivity contribution is 5.92. The van der Waals surface area contributed by atoms with Crippen molar-refractivity contribution in [3.8, 4) is 28.8 Å². The summed E-state index contributed by atoms with van der Waals surface area (Å²) in [5, 5.41) is 7.31. The van der Waals surface area contributed by atoms with E-state index in [-0.39, 0.29) is 24.4 Å². The Labute approximate surface area is 218 Å². The lowest BCUT2D eigenvalue weighted by molar-refractivity contribution is -0.137. The highest BCUT2D eigenvalue weighted by Crippen LogP contribution is 2.32. The van der Waals surface area contributed by atoms with Crippen molar-refractivity contribution >= 4 is 11.6 Å². The first-order valence-electron chi connectivity index (χ1n) is 12.0. The summed E-state index contributed by atoms with van der Waals surface area (Å²) in [7, 11) is 1.60. The number of amides is 1. The number of rotatable bonds is 9. The average Bonchev–Trinajstić information content (AvgIpc) is 3.33. The molecule has 0 radical (unpaired) electrons. The lowest BCUT2D eigenvalue weighted by Crippen LogP contribution is -2.17. The van der Waals surface area contributed by atoms with Gasteiger partial charge in [-0.2, -0.15) is 18.2 Å². The largest absolute Gasteiger partial charge is 0.497 e. The predicted molar refractivity (Wildman–Crippen MR) is 137 cm³/mol. The van der Waals surface area contributed by atoms with Crippen molar-refractivity contribution in [1.82, 2.24) is 14.8 Å². The van der Waals surface area contributed by atoms with Crippen LogP contribution in [-0.2, 0) is 17.4 Å². The molecule has 0 saturated carbocycles. The van der Waals surface area contributed by atoms with Crippen molar-refractivity contribution in [2.24, 2.45) is 5.92 Å². The fourth-order valence-electron chi connectivity index (χ4n) is 3.58. The molecule has 0 unspecified atom stereocenters. The lowest BCUT2D eigenvalue weighted by atomic mass is 10.1. The van der Waals surface area contributed by atoms with Gasteiger partial charge in [0.2, 0.25) is 5.91 Å². The number of nitrogens with zero attached hydrogens (tertiary/aromatic N) is 3. The third kappa shape index (κ3) is 6.50. The molecule has 4 aromatic rings. The van der Waals surface area contributed by atoms with Crippen molar-refractivity contribution in [1.29, 1.82) is 0 Å². The molecule has 10 heteroatoms. The van der Waals surface area contributed by atoms with Crippen LogP contribution in [0.2, 0.25) is 0 Å². The van der Waals surface area contributed by atoms with Gasteiger partial charge < -0.3 is 14.8 Å². The van der Waals surface area contributed by atoms with E-state index in [2.05, 4.69) is 15.4 Å². The maximum absolute atomic E-state index is 13.1. The minimum Gasteiger partial charge on any atom is -0.497 e. The standard InChI is InChI=1S/C28H27F3N4O3/c1-18(2)26(36)32-22-5-4-6-23(17-22)35-25(20-9-11-21(12-10-20)28(29,30)31)33-27(34-35)38-16-15-19-7-13-24(37-3)14-8-19/h4-14,17-18H,15-16H2,1-3H3,(H,32,36). The van der Waals surface area contributed by atoms with E-state index in [1.54, 1.807) is 45.2 Å². The van der Waals surface area contributed by atoms with Crippen LogP contribution >= 0.6 is 0 Å². The van der Waals surface area contributed by atoms with E-state index >= 15 is 0 Å². The van der Waals surface area contributed by atoms with Crippen LogP contribution in [0.3, 0.4) is 0 Å². The van der Waals surface area contributed by atoms with Crippen LogP contribution < -0.4 is 14.8 Å². The number of benzene rings is 3. The second-order valence-electron chi connectivity index (χ2n) is 8.85. The number of anilines is 1. The summed E-state index contributed by atoms with van der Waals surface area (Å²) < 4.78 is 51.8. The fourth-order valence-corrected chi connectivity index (χ4v) is 3.58. The van der Waals surface area contributed by atoms with Crippen molar-refractivity contribution in [3.05, 3.63) is 83.9 Å². The first-order valence-corrected chi connectivity index (χ1v) is 12.0. The molecule has 1 N–H and O–H groups in total. The first kappa shape index (κ1) is 26.7. The summed E-state index contributed by atoms with van der Waals surface area (Å²) in [5.41, 5.74) is 1.80. The number of hydrogen-bond donors (Lipinski definition) is 1. The summed E-state index contributed by atoms with van der Waals surface area (Å²) in [5.74, 6) is 0.693. The molecule has 38 heavy (non-hydrogen) atoms. The van der Waals surface area contributed by atoms with Gasteiger partial charge in [-0.15, -0.1) is 5.10 Å². The monoisotopic (exact) mass is 524 g/mol. The molecule has 0 aliphatic heterocycles. The van der Waals surface area contributed by atoms with Gasteiger partial charge in [-0.25, -0.2) is 4.68 Å². The number of methoxy groups -OCH3 is 1. The molecule has 3 aromatic carbocycles. The van der Waals surface area contributed by atoms with Gasteiger partial charge in [0.1, 0.15) is 5.75 Å². The quantitative estimate of drug-likeness (QED) is 0.283. The number of aromatic nitrogens is 3. The Kier molecular flexibility index (Phi) is 7.99. The van der Waals surface area contributed by atoms with Crippen LogP contribution in [0, 0.1) is 5.92 Å². The summed E-state index contributed by atoms with van der Waals surface area (Å²) >= 11 is 0. The number of carbonyl (C=O) groups is 1. The molecule has 0 aliphatic rings. The molecule has 0 fully saturated rings. The molecular formula is C28H27F3N4O3. The number of hydrogen-bond acceptors (Lipinski definition) is 5. The van der Waals surface area contributed by atoms with E-state index in [4.69, 9.17) is 9.47 Å². The lowest BCUT2D eigenvalue weighted by Gasteiger charge is -2.11. The molecule has 7 nitrogen and oxygen atoms in total. The summed E-state index contributed by atoms with van der Waals surface area (Å²) in [6.45, 7) is 3.86. The van der Waals surface area contributed by atoms with E-state index in [0.29, 0.717) is 29.2 Å². The van der Waals surface area contributed by atoms with Gasteiger partial charge >= 0.3 is 12.2 Å². The zero-order valence-electron chi connectivity index (χ0n) is 21.1. The molecule has 0 bridgehead atoms. The molecule has 1 heterocycles. The van der Waals surface area contributed by atoms with Crippen LogP contribution in [0.15, 0.2) is 72.8 Å². The van der Waals surface area contributed by atoms with Gasteiger partial charge in [-0.05, 0) is 48.0 Å². The zero-order valence-corrected chi connectivity index (χ0v) is 21.1. The number of ether oxygens (including phenoxy) is 2. The number of nitrogens with one attached hydrogen (secondary N) is 1. The van der Waals surface area contributed by atoms with Crippen molar-refractivity contribution in [2.45, 2.75) is 26.4 Å². The molecule has 0 saturated heterocycles. The Morgan fingerprint density at radius 1 is 1.03 bits per heavy atom. The number of carbonyl (C=O) groups excluding carboxylic acids is 1. The third-order valence-corrected chi connectivity index (χ3v) is 5.72. The van der Waals surface area contributed by atoms with Gasteiger partial charge in [-0.1, -0.05) is 44.2 Å². The van der Waals surface area contributed by atoms with Crippen LogP contribution in [0.25, 0.3) is 17.1 Å². The van der Waals surface area contributed by atoms with Gasteiger partial charge in [0.05, 0.1) is 25.0 Å². The SMILES string of the molecule is COc1ccc(CCOc2nc(-c3ccc(C(F)(F)F)cc3)n(-c3cccc(NC(=O)C(C)C)c3)n2)cc1. The maximum Gasteiger partial charge on any atom is 0.416 e. The zero-order chi connectivity index (χ0) is 27.3. The Balaban J connectivity index is 1.62. The fraction of sp³-hybridized carbons (Fsp3) is 0.250. The van der Waals surface area contributed by atoms with E-state index in [1.807, 2.05) is 24.3 Å². The van der Waals surface area contributed by atoms with Crippen molar-refractivity contribution in [3.63, 3.8) is 0 Å².